The summed E-state index contributed by atoms with van der Waals surface area (Å²) in [5.74, 6) is -0.859. The van der Waals surface area contributed by atoms with Crippen LogP contribution in [-0.2, 0) is 9.73 Å². The van der Waals surface area contributed by atoms with Gasteiger partial charge in [0.1, 0.15) is 18.0 Å². The molecule has 2 N–H and O–H groups in total. The predicted molar refractivity (Wildman–Crippen MR) is 74.9 cm³/mol. The second-order valence-corrected chi connectivity index (χ2v) is 5.54. The van der Waals surface area contributed by atoms with Crippen LogP contribution in [0.25, 0.3) is 0 Å². The fourth-order valence-corrected chi connectivity index (χ4v) is 2.73. The number of carboxylic acid groups (broad SMARTS) is 1. The number of hydrogen-bond donors (Lipinski definition) is 2. The first-order valence-corrected chi connectivity index (χ1v) is 6.72. The van der Waals surface area contributed by atoms with E-state index in [9.17, 15) is 9.90 Å². The minimum atomic E-state index is -0.984. The molecule has 2 rings (SSSR count). The fraction of sp³-hybridized carbons (Fsp3) is 0.417. The summed E-state index contributed by atoms with van der Waals surface area (Å²) >= 11 is 12.1. The zero-order valence-corrected chi connectivity index (χ0v) is 12.2. The highest BCUT2D eigenvalue weighted by molar-refractivity contribution is 6.39. The van der Waals surface area contributed by atoms with Crippen LogP contribution >= 0.6 is 23.2 Å². The summed E-state index contributed by atoms with van der Waals surface area (Å²) in [6, 6.07) is 2.71. The molecule has 0 saturated carbocycles. The summed E-state index contributed by atoms with van der Waals surface area (Å²) in [6.07, 6.45) is 0. The summed E-state index contributed by atoms with van der Waals surface area (Å²) < 4.78 is 0. The molecule has 1 saturated heterocycles. The van der Waals surface area contributed by atoms with Gasteiger partial charge in [-0.3, -0.25) is 4.79 Å². The van der Waals surface area contributed by atoms with E-state index in [2.05, 4.69) is 0 Å². The molecule has 1 aromatic rings. The van der Waals surface area contributed by atoms with Crippen LogP contribution in [0.15, 0.2) is 12.1 Å². The number of phenols is 1. The van der Waals surface area contributed by atoms with Crippen LogP contribution in [0, 0.1) is 5.92 Å². The lowest BCUT2D eigenvalue weighted by Crippen LogP contribution is -2.48. The number of aliphatic carboxylic acids is 1. The number of carboxylic acids is 1. The minimum Gasteiger partial charge on any atom is -0.508 e. The number of benzene rings is 1. The standard InChI is InChI=1S/C12H14Cl2N2O4/c1-7-4-15(6-11(18)19)20-16(5-7)12-9(13)2-8(17)3-10(12)14/h2-3,7,17H,4-6H2,1H3,(H,18,19). The van der Waals surface area contributed by atoms with Gasteiger partial charge in [0.2, 0.25) is 0 Å². The highest BCUT2D eigenvalue weighted by Gasteiger charge is 2.28. The Balaban J connectivity index is 2.25. The van der Waals surface area contributed by atoms with Crippen molar-refractivity contribution in [3.05, 3.63) is 22.2 Å². The molecule has 20 heavy (non-hydrogen) atoms. The Bertz CT molecular complexity index is 503. The van der Waals surface area contributed by atoms with Crippen LogP contribution < -0.4 is 5.06 Å². The second-order valence-electron chi connectivity index (χ2n) is 4.72. The number of phenolic OH excluding ortho intramolecular Hbond substituents is 1. The number of hydrogen-bond acceptors (Lipinski definition) is 5. The Labute approximate surface area is 126 Å². The lowest BCUT2D eigenvalue weighted by molar-refractivity contribution is -0.206. The highest BCUT2D eigenvalue weighted by atomic mass is 35.5. The Kier molecular flexibility index (Phi) is 4.59. The second kappa shape index (κ2) is 6.05. The van der Waals surface area contributed by atoms with Gasteiger partial charge in [0.05, 0.1) is 16.6 Å². The van der Waals surface area contributed by atoms with E-state index in [0.717, 1.165) is 0 Å². The monoisotopic (exact) mass is 320 g/mol. The molecular formula is C12H14Cl2N2O4. The molecule has 0 amide bonds. The molecular weight excluding hydrogens is 307 g/mol. The summed E-state index contributed by atoms with van der Waals surface area (Å²) in [5.41, 5.74) is 0.410. The van der Waals surface area contributed by atoms with Crippen LogP contribution in [0.1, 0.15) is 6.92 Å². The molecule has 1 aromatic carbocycles. The lowest BCUT2D eigenvalue weighted by atomic mass is 10.1. The number of rotatable bonds is 3. The van der Waals surface area contributed by atoms with Gasteiger partial charge in [-0.15, -0.1) is 0 Å². The maximum Gasteiger partial charge on any atom is 0.320 e. The quantitative estimate of drug-likeness (QED) is 0.890. The summed E-state index contributed by atoms with van der Waals surface area (Å²) in [5, 5.41) is 21.5. The van der Waals surface area contributed by atoms with Crippen molar-refractivity contribution in [3.8, 4) is 5.75 Å². The van der Waals surface area contributed by atoms with Gasteiger partial charge < -0.3 is 10.2 Å². The largest absolute Gasteiger partial charge is 0.508 e. The average Bonchev–Trinajstić information content (AvgIpc) is 2.25. The smallest absolute Gasteiger partial charge is 0.320 e. The minimum absolute atomic E-state index is 0.0452. The molecule has 6 nitrogen and oxygen atoms in total. The molecule has 1 fully saturated rings. The van der Waals surface area contributed by atoms with Crippen molar-refractivity contribution < 1.29 is 19.9 Å². The van der Waals surface area contributed by atoms with Gasteiger partial charge in [-0.2, -0.15) is 10.0 Å². The number of carbonyl (C=O) groups is 1. The van der Waals surface area contributed by atoms with Crippen LogP contribution in [-0.4, -0.2) is 40.9 Å². The van der Waals surface area contributed by atoms with Gasteiger partial charge in [0.15, 0.2) is 0 Å². The summed E-state index contributed by atoms with van der Waals surface area (Å²) in [7, 11) is 0. The van der Waals surface area contributed by atoms with Crippen molar-refractivity contribution in [1.29, 1.82) is 0 Å². The molecule has 1 aliphatic rings. The molecule has 8 heteroatoms. The van der Waals surface area contributed by atoms with Crippen molar-refractivity contribution in [3.63, 3.8) is 0 Å². The summed E-state index contributed by atoms with van der Waals surface area (Å²) in [4.78, 5) is 16.3. The molecule has 0 aliphatic carbocycles. The average molecular weight is 321 g/mol. The van der Waals surface area contributed by atoms with E-state index in [1.54, 1.807) is 0 Å². The molecule has 0 radical (unpaired) electrons. The third-order valence-corrected chi connectivity index (χ3v) is 3.35. The summed E-state index contributed by atoms with van der Waals surface area (Å²) in [6.45, 7) is 2.73. The third-order valence-electron chi connectivity index (χ3n) is 2.77. The molecule has 1 atom stereocenters. The van der Waals surface area contributed by atoms with E-state index in [4.69, 9.17) is 33.2 Å². The van der Waals surface area contributed by atoms with E-state index < -0.39 is 5.97 Å². The molecule has 0 aromatic heterocycles. The molecule has 0 bridgehead atoms. The van der Waals surface area contributed by atoms with Gasteiger partial charge in [-0.25, -0.2) is 5.06 Å². The Morgan fingerprint density at radius 3 is 2.55 bits per heavy atom. The maximum absolute atomic E-state index is 10.8. The van der Waals surface area contributed by atoms with Crippen molar-refractivity contribution in [1.82, 2.24) is 5.06 Å². The number of anilines is 1. The highest BCUT2D eigenvalue weighted by Crippen LogP contribution is 2.38. The van der Waals surface area contributed by atoms with Gasteiger partial charge in [0.25, 0.3) is 0 Å². The number of hydroxylamine groups is 3. The normalized spacial score (nSPS) is 20.1. The van der Waals surface area contributed by atoms with Crippen LogP contribution in [0.4, 0.5) is 5.69 Å². The van der Waals surface area contributed by atoms with Crippen molar-refractivity contribution in [2.24, 2.45) is 5.92 Å². The van der Waals surface area contributed by atoms with Crippen LogP contribution in [0.5, 0.6) is 5.75 Å². The molecule has 1 unspecified atom stereocenters. The van der Waals surface area contributed by atoms with Gasteiger partial charge >= 0.3 is 5.97 Å². The Morgan fingerprint density at radius 1 is 1.40 bits per heavy atom. The van der Waals surface area contributed by atoms with Gasteiger partial charge in [0, 0.05) is 18.7 Å². The first-order valence-electron chi connectivity index (χ1n) is 5.97. The predicted octanol–water partition coefficient (Wildman–Crippen LogP) is 2.39. The van der Waals surface area contributed by atoms with E-state index in [1.165, 1.54) is 22.3 Å². The first kappa shape index (κ1) is 15.2. The molecule has 1 aliphatic heterocycles. The van der Waals surface area contributed by atoms with Gasteiger partial charge in [-0.05, 0) is 5.92 Å². The Hall–Kier alpha value is -1.21. The molecule has 1 heterocycles. The SMILES string of the molecule is CC1CN(CC(=O)O)ON(c2c(Cl)cc(O)cc2Cl)C1. The number of aromatic hydroxyl groups is 1. The van der Waals surface area contributed by atoms with E-state index in [-0.39, 0.29) is 28.3 Å². The van der Waals surface area contributed by atoms with Crippen molar-refractivity contribution in [2.75, 3.05) is 24.7 Å². The molecule has 110 valence electrons. The zero-order chi connectivity index (χ0) is 14.9. The van der Waals surface area contributed by atoms with Crippen LogP contribution in [0.3, 0.4) is 0 Å². The first-order chi connectivity index (χ1) is 9.36. The van der Waals surface area contributed by atoms with Crippen molar-refractivity contribution >= 4 is 34.9 Å². The Morgan fingerprint density at radius 2 is 2.00 bits per heavy atom. The van der Waals surface area contributed by atoms with Crippen LogP contribution in [0.2, 0.25) is 10.0 Å². The van der Waals surface area contributed by atoms with Gasteiger partial charge in [-0.1, -0.05) is 30.1 Å². The van der Waals surface area contributed by atoms with E-state index in [1.807, 2.05) is 6.92 Å². The topological polar surface area (TPSA) is 73.2 Å². The lowest BCUT2D eigenvalue weighted by Gasteiger charge is -2.38. The van der Waals surface area contributed by atoms with Crippen molar-refractivity contribution in [2.45, 2.75) is 6.92 Å². The zero-order valence-electron chi connectivity index (χ0n) is 10.7. The van der Waals surface area contributed by atoms with E-state index >= 15 is 0 Å². The number of nitrogens with zero attached hydrogens (tertiary/aromatic N) is 2. The number of halogens is 2. The fourth-order valence-electron chi connectivity index (χ4n) is 2.06. The van der Waals surface area contributed by atoms with E-state index in [0.29, 0.717) is 18.8 Å². The molecule has 0 spiro atoms. The maximum atomic E-state index is 10.8. The third kappa shape index (κ3) is 3.46.